The number of ether oxygens (including phenoxy) is 1. The van der Waals surface area contributed by atoms with Gasteiger partial charge in [-0.25, -0.2) is 0 Å². The lowest BCUT2D eigenvalue weighted by atomic mass is 10.3. The molecule has 0 aromatic heterocycles. The summed E-state index contributed by atoms with van der Waals surface area (Å²) in [5, 5.41) is 8.41. The summed E-state index contributed by atoms with van der Waals surface area (Å²) < 4.78 is 6.59. The Labute approximate surface area is 97.4 Å². The van der Waals surface area contributed by atoms with Gasteiger partial charge in [0.1, 0.15) is 12.4 Å². The second-order valence-electron chi connectivity index (χ2n) is 2.54. The number of rotatable bonds is 3. The van der Waals surface area contributed by atoms with Gasteiger partial charge in [-0.2, -0.15) is 0 Å². The van der Waals surface area contributed by atoms with E-state index in [1.807, 2.05) is 24.3 Å². The maximum absolute atomic E-state index is 8.41. The fraction of sp³-hybridized carbons (Fsp3) is 0.273. The van der Waals surface area contributed by atoms with Crippen molar-refractivity contribution in [3.63, 3.8) is 0 Å². The third-order valence-electron chi connectivity index (χ3n) is 1.53. The van der Waals surface area contributed by atoms with Crippen LogP contribution < -0.4 is 4.74 Å². The second kappa shape index (κ2) is 6.68. The van der Waals surface area contributed by atoms with Gasteiger partial charge in [0.05, 0.1) is 10.2 Å². The van der Waals surface area contributed by atoms with Crippen LogP contribution >= 0.6 is 22.6 Å². The summed E-state index contributed by atoms with van der Waals surface area (Å²) in [4.78, 5) is 0. The highest BCUT2D eigenvalue weighted by Gasteiger charge is 1.96. The van der Waals surface area contributed by atoms with Gasteiger partial charge in [-0.15, -0.1) is 0 Å². The fourth-order valence-corrected chi connectivity index (χ4v) is 1.46. The number of aliphatic hydroxyl groups is 1. The van der Waals surface area contributed by atoms with Crippen LogP contribution in [0.2, 0.25) is 0 Å². The van der Waals surface area contributed by atoms with Gasteiger partial charge in [0.2, 0.25) is 0 Å². The monoisotopic (exact) mass is 302 g/mol. The number of benzene rings is 1. The summed E-state index contributed by atoms with van der Waals surface area (Å²) in [5.41, 5.74) is 0. The van der Waals surface area contributed by atoms with E-state index >= 15 is 0 Å². The predicted molar refractivity (Wildman–Crippen MR) is 64.1 cm³/mol. The van der Waals surface area contributed by atoms with Crippen LogP contribution in [0.5, 0.6) is 5.75 Å². The Balaban J connectivity index is 2.35. The summed E-state index contributed by atoms with van der Waals surface area (Å²) >= 11 is 2.23. The highest BCUT2D eigenvalue weighted by Crippen LogP contribution is 2.19. The number of para-hydroxylation sites is 1. The first-order valence-corrected chi connectivity index (χ1v) is 5.36. The zero-order valence-electron chi connectivity index (χ0n) is 7.66. The van der Waals surface area contributed by atoms with Gasteiger partial charge in [0, 0.05) is 6.42 Å². The normalized spacial score (nSPS) is 9.00. The molecule has 1 N–H and O–H groups in total. The first-order chi connectivity index (χ1) is 6.84. The minimum atomic E-state index is -0.0805. The van der Waals surface area contributed by atoms with Gasteiger partial charge < -0.3 is 9.84 Å². The van der Waals surface area contributed by atoms with Gasteiger partial charge in [-0.05, 0) is 34.7 Å². The van der Waals surface area contributed by atoms with E-state index in [9.17, 15) is 0 Å². The predicted octanol–water partition coefficient (Wildman–Crippen LogP) is 2.06. The van der Waals surface area contributed by atoms with Crippen LogP contribution in [0.4, 0.5) is 0 Å². The Bertz CT molecular complexity index is 339. The van der Waals surface area contributed by atoms with E-state index in [1.54, 1.807) is 0 Å². The average molecular weight is 302 g/mol. The maximum atomic E-state index is 8.41. The van der Waals surface area contributed by atoms with E-state index in [0.717, 1.165) is 9.32 Å². The molecule has 0 aliphatic heterocycles. The first kappa shape index (κ1) is 11.3. The molecule has 0 bridgehead atoms. The van der Waals surface area contributed by atoms with Crippen LogP contribution in [-0.4, -0.2) is 18.3 Å². The minimum Gasteiger partial charge on any atom is -0.491 e. The Morgan fingerprint density at radius 1 is 1.29 bits per heavy atom. The Hall–Kier alpha value is -0.730. The van der Waals surface area contributed by atoms with E-state index in [1.165, 1.54) is 0 Å². The lowest BCUT2D eigenvalue weighted by Gasteiger charge is -2.05. The third kappa shape index (κ3) is 3.99. The van der Waals surface area contributed by atoms with Crippen molar-refractivity contribution in [1.29, 1.82) is 0 Å². The summed E-state index contributed by atoms with van der Waals surface area (Å²) in [7, 11) is 0. The van der Waals surface area contributed by atoms with Crippen molar-refractivity contribution in [3.05, 3.63) is 27.8 Å². The summed E-state index contributed by atoms with van der Waals surface area (Å²) in [6, 6.07) is 7.84. The second-order valence-corrected chi connectivity index (χ2v) is 3.70. The van der Waals surface area contributed by atoms with E-state index < -0.39 is 0 Å². The molecule has 0 fully saturated rings. The zero-order chi connectivity index (χ0) is 10.2. The number of halogens is 1. The van der Waals surface area contributed by atoms with Crippen LogP contribution in [0.3, 0.4) is 0 Å². The van der Waals surface area contributed by atoms with Crippen molar-refractivity contribution in [2.45, 2.75) is 6.42 Å². The molecule has 0 aliphatic rings. The van der Waals surface area contributed by atoms with Gasteiger partial charge in [0.25, 0.3) is 0 Å². The molecule has 1 aromatic carbocycles. The molecule has 0 spiro atoms. The first-order valence-electron chi connectivity index (χ1n) is 4.28. The number of hydrogen-bond acceptors (Lipinski definition) is 2. The Morgan fingerprint density at radius 3 is 2.79 bits per heavy atom. The Kier molecular flexibility index (Phi) is 5.42. The largest absolute Gasteiger partial charge is 0.491 e. The quantitative estimate of drug-likeness (QED) is 0.526. The molecule has 0 atom stereocenters. The van der Waals surface area contributed by atoms with Crippen molar-refractivity contribution in [2.24, 2.45) is 0 Å². The molecule has 0 unspecified atom stereocenters. The van der Waals surface area contributed by atoms with Crippen molar-refractivity contribution >= 4 is 22.6 Å². The van der Waals surface area contributed by atoms with Gasteiger partial charge in [0.15, 0.2) is 0 Å². The number of hydrogen-bond donors (Lipinski definition) is 1. The van der Waals surface area contributed by atoms with E-state index in [2.05, 4.69) is 34.4 Å². The third-order valence-corrected chi connectivity index (χ3v) is 2.42. The van der Waals surface area contributed by atoms with Crippen molar-refractivity contribution in [2.75, 3.05) is 13.2 Å². The van der Waals surface area contributed by atoms with Crippen molar-refractivity contribution < 1.29 is 9.84 Å². The standard InChI is InChI=1S/C11H11IO2/c12-10-6-2-3-7-11(10)14-9-5-1-4-8-13/h2-3,6-7,13H,5,8-9H2. The molecule has 1 rings (SSSR count). The topological polar surface area (TPSA) is 29.5 Å². The van der Waals surface area contributed by atoms with Crippen molar-refractivity contribution in [3.8, 4) is 17.6 Å². The zero-order valence-corrected chi connectivity index (χ0v) is 9.82. The molecule has 74 valence electrons. The minimum absolute atomic E-state index is 0.0805. The highest BCUT2D eigenvalue weighted by molar-refractivity contribution is 14.1. The highest BCUT2D eigenvalue weighted by atomic mass is 127. The van der Waals surface area contributed by atoms with E-state index in [-0.39, 0.29) is 6.61 Å². The molecule has 1 aromatic rings. The van der Waals surface area contributed by atoms with Crippen LogP contribution in [0.1, 0.15) is 6.42 Å². The average Bonchev–Trinajstić information content (AvgIpc) is 2.20. The van der Waals surface area contributed by atoms with Crippen LogP contribution in [-0.2, 0) is 0 Å². The molecule has 3 heteroatoms. The maximum Gasteiger partial charge on any atom is 0.132 e. The molecule has 14 heavy (non-hydrogen) atoms. The molecule has 0 saturated carbocycles. The van der Waals surface area contributed by atoms with Gasteiger partial charge >= 0.3 is 0 Å². The van der Waals surface area contributed by atoms with E-state index in [4.69, 9.17) is 9.84 Å². The lowest BCUT2D eigenvalue weighted by Crippen LogP contribution is -1.97. The molecule has 0 aliphatic carbocycles. The molecule has 0 amide bonds. The van der Waals surface area contributed by atoms with Crippen LogP contribution in [0.25, 0.3) is 0 Å². The molecule has 0 saturated heterocycles. The summed E-state index contributed by atoms with van der Waals surface area (Å²) in [6.07, 6.45) is 0.644. The SMILES string of the molecule is OCC#CCCOc1ccccc1I. The molecule has 2 nitrogen and oxygen atoms in total. The van der Waals surface area contributed by atoms with Gasteiger partial charge in [-0.3, -0.25) is 0 Å². The van der Waals surface area contributed by atoms with Crippen LogP contribution in [0.15, 0.2) is 24.3 Å². The van der Waals surface area contributed by atoms with Crippen LogP contribution in [0, 0.1) is 15.4 Å². The molecular formula is C11H11IO2. The fourth-order valence-electron chi connectivity index (χ4n) is 0.918. The molecule has 0 radical (unpaired) electrons. The summed E-state index contributed by atoms with van der Waals surface area (Å²) in [6.45, 7) is 0.482. The smallest absolute Gasteiger partial charge is 0.132 e. The van der Waals surface area contributed by atoms with Crippen molar-refractivity contribution in [1.82, 2.24) is 0 Å². The summed E-state index contributed by atoms with van der Waals surface area (Å²) in [5.74, 6) is 6.26. The number of aliphatic hydroxyl groups excluding tert-OH is 1. The molecule has 0 heterocycles. The molecular weight excluding hydrogens is 291 g/mol. The Morgan fingerprint density at radius 2 is 2.07 bits per heavy atom. The van der Waals surface area contributed by atoms with E-state index in [0.29, 0.717) is 13.0 Å². The lowest BCUT2D eigenvalue weighted by molar-refractivity contribution is 0.324. The van der Waals surface area contributed by atoms with Gasteiger partial charge in [-0.1, -0.05) is 24.0 Å².